The molecule has 0 radical (unpaired) electrons. The van der Waals surface area contributed by atoms with Gasteiger partial charge in [-0.1, -0.05) is 49.1 Å². The summed E-state index contributed by atoms with van der Waals surface area (Å²) >= 11 is 1.55. The maximum absolute atomic E-state index is 2.43. The van der Waals surface area contributed by atoms with Crippen molar-refractivity contribution >= 4 is 19.6 Å². The van der Waals surface area contributed by atoms with Crippen LogP contribution in [0.25, 0.3) is 16.3 Å². The Morgan fingerprint density at radius 3 is 2.46 bits per heavy atom. The predicted octanol–water partition coefficient (Wildman–Crippen LogP) is -0.466. The van der Waals surface area contributed by atoms with Crippen molar-refractivity contribution in [1.82, 2.24) is 0 Å². The van der Waals surface area contributed by atoms with E-state index in [0.29, 0.717) is 0 Å². The average molecular weight is 438 g/mol. The van der Waals surface area contributed by atoms with Gasteiger partial charge in [0.1, 0.15) is 0 Å². The molecule has 2 aromatic carbocycles. The van der Waals surface area contributed by atoms with E-state index in [1.165, 1.54) is 45.4 Å². The summed E-state index contributed by atoms with van der Waals surface area (Å²) in [5, 5.41) is 2.99. The first-order chi connectivity index (χ1) is 10.7. The number of hydrogen-bond donors (Lipinski definition) is 0. The number of benzene rings is 1. The average Bonchev–Trinajstić information content (AvgIpc) is 3.14. The minimum absolute atomic E-state index is 0. The zero-order chi connectivity index (χ0) is 15.5. The summed E-state index contributed by atoms with van der Waals surface area (Å²) in [5.74, 6) is 0. The smallest absolute Gasteiger partial charge is 1.00 e. The topological polar surface area (TPSA) is 0 Å². The zero-order valence-electron chi connectivity index (χ0n) is 14.3. The molecule has 0 bridgehead atoms. The molecule has 0 spiro atoms. The third kappa shape index (κ3) is 4.84. The van der Waals surface area contributed by atoms with Crippen molar-refractivity contribution in [1.29, 1.82) is 0 Å². The van der Waals surface area contributed by atoms with E-state index in [0.717, 1.165) is 6.42 Å². The zero-order valence-corrected chi connectivity index (χ0v) is 18.3. The van der Waals surface area contributed by atoms with E-state index in [9.17, 15) is 0 Å². The molecule has 4 rings (SSSR count). The molecule has 126 valence electrons. The van der Waals surface area contributed by atoms with Crippen molar-refractivity contribution in [3.63, 3.8) is 0 Å². The summed E-state index contributed by atoms with van der Waals surface area (Å²) in [7, 11) is 0. The first kappa shape index (κ1) is 21.7. The van der Waals surface area contributed by atoms with Gasteiger partial charge in [0, 0.05) is 0 Å². The number of allylic oxidation sites excluding steroid dienone is 4. The minimum atomic E-state index is 0. The largest absolute Gasteiger partial charge is 1.00 e. The molecular weight excluding hydrogens is 414 g/mol. The van der Waals surface area contributed by atoms with Crippen molar-refractivity contribution < 1.29 is 49.0 Å². The normalized spacial score (nSPS) is 14.8. The van der Waals surface area contributed by atoms with Crippen LogP contribution in [0.1, 0.15) is 49.8 Å². The van der Waals surface area contributed by atoms with Crippen LogP contribution in [0.2, 0.25) is 0 Å². The molecule has 0 aliphatic heterocycles. The van der Waals surface area contributed by atoms with Gasteiger partial charge in [-0.05, 0) is 18.4 Å². The summed E-state index contributed by atoms with van der Waals surface area (Å²) in [4.78, 5) is 0. The van der Waals surface area contributed by atoms with Gasteiger partial charge in [0.25, 0.3) is 0 Å². The van der Waals surface area contributed by atoms with Crippen molar-refractivity contribution in [3.8, 4) is 0 Å². The number of hydrogen-bond acceptors (Lipinski definition) is 0. The summed E-state index contributed by atoms with van der Waals surface area (Å²) in [6.45, 7) is 4.25. The van der Waals surface area contributed by atoms with E-state index >= 15 is 0 Å². The predicted molar refractivity (Wildman–Crippen MR) is 94.3 cm³/mol. The Morgan fingerprint density at radius 1 is 1.08 bits per heavy atom. The summed E-state index contributed by atoms with van der Waals surface area (Å²) in [5.41, 5.74) is 6.20. The summed E-state index contributed by atoms with van der Waals surface area (Å²) < 4.78 is 1.51. The van der Waals surface area contributed by atoms with E-state index in [-0.39, 0.29) is 24.8 Å². The van der Waals surface area contributed by atoms with Crippen LogP contribution < -0.4 is 24.8 Å². The summed E-state index contributed by atoms with van der Waals surface area (Å²) in [6, 6.07) is 9.22. The molecule has 0 saturated carbocycles. The van der Waals surface area contributed by atoms with Crippen LogP contribution in [0.4, 0.5) is 0 Å². The van der Waals surface area contributed by atoms with Crippen LogP contribution in [0.15, 0.2) is 42.5 Å². The maximum Gasteiger partial charge on any atom is -1.00 e. The Bertz CT molecular complexity index is 761. The van der Waals surface area contributed by atoms with Crippen LogP contribution in [0, 0.1) is 0 Å². The molecule has 0 atom stereocenters. The fraction of sp³-hybridized carbons (Fsp3) is 0.333. The first-order valence-electron chi connectivity index (χ1n) is 8.25. The Balaban J connectivity index is 0.000000438. The summed E-state index contributed by atoms with van der Waals surface area (Å²) in [6.07, 6.45) is 13.1. The van der Waals surface area contributed by atoms with Gasteiger partial charge in [-0.25, -0.2) is 0 Å². The van der Waals surface area contributed by atoms with Gasteiger partial charge in [0.05, 0.1) is 0 Å². The van der Waals surface area contributed by atoms with Crippen LogP contribution in [0.5, 0.6) is 0 Å². The molecule has 2 aliphatic rings. The first-order valence-corrected chi connectivity index (χ1v) is 9.47. The monoisotopic (exact) mass is 435 g/mol. The van der Waals surface area contributed by atoms with E-state index in [2.05, 4.69) is 56.3 Å². The molecule has 2 aliphatic carbocycles. The molecule has 0 heterocycles. The van der Waals surface area contributed by atoms with Gasteiger partial charge in [-0.2, -0.15) is 0 Å². The van der Waals surface area contributed by atoms with Crippen LogP contribution in [-0.2, 0) is 37.1 Å². The molecule has 2 aromatic rings. The number of halogens is 2. The molecule has 0 amide bonds. The second-order valence-electron chi connectivity index (χ2n) is 6.45. The van der Waals surface area contributed by atoms with Crippen molar-refractivity contribution in [2.24, 2.45) is 0 Å². The third-order valence-corrected chi connectivity index (χ3v) is 4.36. The van der Waals surface area contributed by atoms with Crippen molar-refractivity contribution in [2.45, 2.75) is 46.0 Å². The molecule has 0 saturated heterocycles. The van der Waals surface area contributed by atoms with Gasteiger partial charge >= 0.3 is 41.3 Å². The fourth-order valence-electron chi connectivity index (χ4n) is 3.50. The molecule has 3 heteroatoms. The SMILES string of the molecule is C1=CCC(c2cccc3[cH-]c4c(c23)CCCC4)=C1.C[C](C)=[Zr+2].[Cl-].[Cl-]. The van der Waals surface area contributed by atoms with Gasteiger partial charge < -0.3 is 24.8 Å². The Hall–Kier alpha value is -0.357. The van der Waals surface area contributed by atoms with Crippen LogP contribution in [-0.4, -0.2) is 3.21 Å². The number of rotatable bonds is 1. The van der Waals surface area contributed by atoms with E-state index in [1.54, 1.807) is 40.7 Å². The minimum Gasteiger partial charge on any atom is -1.00 e. The van der Waals surface area contributed by atoms with E-state index in [4.69, 9.17) is 0 Å². The maximum atomic E-state index is 2.43. The van der Waals surface area contributed by atoms with E-state index in [1.807, 2.05) is 0 Å². The molecule has 0 nitrogen and oxygen atoms in total. The van der Waals surface area contributed by atoms with Gasteiger partial charge in [-0.3, -0.25) is 0 Å². The van der Waals surface area contributed by atoms with Gasteiger partial charge in [0.2, 0.25) is 0 Å². The van der Waals surface area contributed by atoms with Crippen molar-refractivity contribution in [3.05, 3.63) is 59.2 Å². The number of fused-ring (bicyclic) bond motifs is 3. The molecule has 0 N–H and O–H groups in total. The van der Waals surface area contributed by atoms with Crippen LogP contribution in [0.3, 0.4) is 0 Å². The molecule has 0 fully saturated rings. The molecule has 0 unspecified atom stereocenters. The van der Waals surface area contributed by atoms with E-state index < -0.39 is 0 Å². The van der Waals surface area contributed by atoms with Crippen LogP contribution >= 0.6 is 0 Å². The Kier molecular flexibility index (Phi) is 8.99. The third-order valence-electron chi connectivity index (χ3n) is 4.36. The molecule has 24 heavy (non-hydrogen) atoms. The Morgan fingerprint density at radius 2 is 1.79 bits per heavy atom. The number of aryl methyl sites for hydroxylation is 2. The molecule has 0 aromatic heterocycles. The Labute approximate surface area is 172 Å². The second kappa shape index (κ2) is 9.95. The molecular formula is C21H23Cl2Zr-. The second-order valence-corrected chi connectivity index (χ2v) is 8.91. The van der Waals surface area contributed by atoms with Gasteiger partial charge in [-0.15, -0.1) is 40.1 Å². The fourth-order valence-corrected chi connectivity index (χ4v) is 3.50. The van der Waals surface area contributed by atoms with Crippen molar-refractivity contribution in [2.75, 3.05) is 0 Å². The standard InChI is InChI=1S/C18H17.C3H6.2ClH.Zr/c1-2-7-13(6-1)16-11-5-9-15-12-14-8-3-4-10-17(14)18(15)16;1-3-2;;;/h1-2,5-6,9,11-12H,3-4,7-8,10H2;1-2H3;2*1H;/q-1;;;;+2/p-2. The van der Waals surface area contributed by atoms with Gasteiger partial charge in [0.15, 0.2) is 0 Å². The quantitative estimate of drug-likeness (QED) is 0.530.